The molecule has 0 aliphatic heterocycles. The summed E-state index contributed by atoms with van der Waals surface area (Å²) in [6.07, 6.45) is 0. The Bertz CT molecular complexity index is 797. The molecule has 0 aliphatic rings. The van der Waals surface area contributed by atoms with Crippen LogP contribution < -0.4 is 9.47 Å². The molecule has 0 aliphatic carbocycles. The summed E-state index contributed by atoms with van der Waals surface area (Å²) in [4.78, 5) is 4.49. The van der Waals surface area contributed by atoms with Gasteiger partial charge in [-0.25, -0.2) is 4.98 Å². The number of H-pyrrole nitrogens is 1. The lowest BCUT2D eigenvalue weighted by Crippen LogP contribution is -1.95. The van der Waals surface area contributed by atoms with E-state index in [1.807, 2.05) is 25.1 Å². The van der Waals surface area contributed by atoms with Gasteiger partial charge in [0.2, 0.25) is 0 Å². The van der Waals surface area contributed by atoms with Crippen LogP contribution in [-0.2, 0) is 0 Å². The number of aromatic nitrogens is 3. The molecule has 0 fully saturated rings. The van der Waals surface area contributed by atoms with Crippen molar-refractivity contribution >= 4 is 0 Å². The average molecular weight is 311 g/mol. The summed E-state index contributed by atoms with van der Waals surface area (Å²) in [5.41, 5.74) is 1.67. The predicted octanol–water partition coefficient (Wildman–Crippen LogP) is 3.25. The van der Waals surface area contributed by atoms with Crippen LogP contribution in [0.25, 0.3) is 22.8 Å². The molecule has 118 valence electrons. The molecule has 23 heavy (non-hydrogen) atoms. The molecule has 0 unspecified atom stereocenters. The van der Waals surface area contributed by atoms with Gasteiger partial charge in [-0.2, -0.15) is 5.10 Å². The van der Waals surface area contributed by atoms with Crippen molar-refractivity contribution < 1.29 is 14.6 Å². The zero-order valence-corrected chi connectivity index (χ0v) is 12.9. The average Bonchev–Trinajstić information content (AvgIpc) is 3.06. The van der Waals surface area contributed by atoms with E-state index in [0.717, 1.165) is 11.1 Å². The summed E-state index contributed by atoms with van der Waals surface area (Å²) >= 11 is 0. The normalized spacial score (nSPS) is 10.5. The van der Waals surface area contributed by atoms with E-state index in [1.54, 1.807) is 31.4 Å². The first-order valence-electron chi connectivity index (χ1n) is 7.24. The quantitative estimate of drug-likeness (QED) is 0.756. The number of benzene rings is 2. The van der Waals surface area contributed by atoms with Crippen molar-refractivity contribution in [2.75, 3.05) is 13.7 Å². The topological polar surface area (TPSA) is 80.3 Å². The monoisotopic (exact) mass is 311 g/mol. The van der Waals surface area contributed by atoms with Gasteiger partial charge in [0, 0.05) is 11.1 Å². The standard InChI is InChI=1S/C17H17N3O3/c1-3-23-14-9-6-12(10-15(14)22-2)17-18-16(19-20-17)11-4-7-13(21)8-5-11/h4-10,21H,3H2,1-2H3,(H,18,19,20). The molecular weight excluding hydrogens is 294 g/mol. The first-order chi connectivity index (χ1) is 11.2. The molecule has 6 heteroatoms. The number of aromatic amines is 1. The van der Waals surface area contributed by atoms with Crippen molar-refractivity contribution in [1.82, 2.24) is 15.2 Å². The van der Waals surface area contributed by atoms with Crippen LogP contribution in [-0.4, -0.2) is 34.0 Å². The van der Waals surface area contributed by atoms with Crippen molar-refractivity contribution in [1.29, 1.82) is 0 Å². The number of nitrogens with zero attached hydrogens (tertiary/aromatic N) is 2. The highest BCUT2D eigenvalue weighted by molar-refractivity contribution is 5.64. The van der Waals surface area contributed by atoms with Crippen molar-refractivity contribution in [3.05, 3.63) is 42.5 Å². The molecule has 2 N–H and O–H groups in total. The van der Waals surface area contributed by atoms with E-state index < -0.39 is 0 Å². The second-order valence-corrected chi connectivity index (χ2v) is 4.85. The number of methoxy groups -OCH3 is 1. The molecule has 0 saturated heterocycles. The zero-order valence-electron chi connectivity index (χ0n) is 12.9. The maximum absolute atomic E-state index is 9.34. The van der Waals surface area contributed by atoms with Crippen LogP contribution in [0.1, 0.15) is 6.92 Å². The lowest BCUT2D eigenvalue weighted by Gasteiger charge is -2.09. The van der Waals surface area contributed by atoms with Gasteiger partial charge in [-0.05, 0) is 49.4 Å². The van der Waals surface area contributed by atoms with E-state index in [9.17, 15) is 5.11 Å². The van der Waals surface area contributed by atoms with Gasteiger partial charge in [-0.15, -0.1) is 0 Å². The van der Waals surface area contributed by atoms with E-state index >= 15 is 0 Å². The van der Waals surface area contributed by atoms with E-state index in [2.05, 4.69) is 15.2 Å². The first-order valence-corrected chi connectivity index (χ1v) is 7.24. The molecule has 0 amide bonds. The van der Waals surface area contributed by atoms with E-state index in [0.29, 0.717) is 29.8 Å². The largest absolute Gasteiger partial charge is 0.508 e. The molecule has 1 aromatic heterocycles. The van der Waals surface area contributed by atoms with Gasteiger partial charge in [0.05, 0.1) is 13.7 Å². The summed E-state index contributed by atoms with van der Waals surface area (Å²) in [5, 5.41) is 16.5. The fraction of sp³-hybridized carbons (Fsp3) is 0.176. The lowest BCUT2D eigenvalue weighted by molar-refractivity contribution is 0.311. The fourth-order valence-electron chi connectivity index (χ4n) is 2.22. The van der Waals surface area contributed by atoms with Gasteiger partial charge in [0.15, 0.2) is 23.1 Å². The van der Waals surface area contributed by atoms with Crippen LogP contribution in [0.5, 0.6) is 17.2 Å². The number of nitrogens with one attached hydrogen (secondary N) is 1. The Hall–Kier alpha value is -3.02. The van der Waals surface area contributed by atoms with E-state index in [-0.39, 0.29) is 5.75 Å². The summed E-state index contributed by atoms with van der Waals surface area (Å²) in [6, 6.07) is 12.3. The fourth-order valence-corrected chi connectivity index (χ4v) is 2.22. The molecule has 0 bridgehead atoms. The number of aromatic hydroxyl groups is 1. The molecule has 0 saturated carbocycles. The van der Waals surface area contributed by atoms with Crippen molar-refractivity contribution in [3.8, 4) is 40.0 Å². The molecular formula is C17H17N3O3. The van der Waals surface area contributed by atoms with Gasteiger partial charge in [-0.3, -0.25) is 5.10 Å². The Kier molecular flexibility index (Phi) is 4.14. The van der Waals surface area contributed by atoms with Gasteiger partial charge >= 0.3 is 0 Å². The predicted molar refractivity (Wildman–Crippen MR) is 86.6 cm³/mol. The number of ether oxygens (including phenoxy) is 2. The van der Waals surface area contributed by atoms with Gasteiger partial charge < -0.3 is 14.6 Å². The lowest BCUT2D eigenvalue weighted by atomic mass is 10.2. The number of phenolic OH excluding ortho intramolecular Hbond substituents is 1. The summed E-state index contributed by atoms with van der Waals surface area (Å²) in [7, 11) is 1.60. The van der Waals surface area contributed by atoms with Gasteiger partial charge in [0.1, 0.15) is 5.75 Å². The van der Waals surface area contributed by atoms with Crippen molar-refractivity contribution in [2.24, 2.45) is 0 Å². The minimum atomic E-state index is 0.213. The van der Waals surface area contributed by atoms with Gasteiger partial charge in [0.25, 0.3) is 0 Å². The molecule has 1 heterocycles. The van der Waals surface area contributed by atoms with Crippen molar-refractivity contribution in [3.63, 3.8) is 0 Å². The number of phenols is 1. The summed E-state index contributed by atoms with van der Waals surface area (Å²) in [6.45, 7) is 2.49. The smallest absolute Gasteiger partial charge is 0.181 e. The Labute approximate surface area is 133 Å². The second kappa shape index (κ2) is 6.39. The molecule has 0 atom stereocenters. The molecule has 2 aromatic carbocycles. The third kappa shape index (κ3) is 3.11. The van der Waals surface area contributed by atoms with Crippen LogP contribution in [0.3, 0.4) is 0 Å². The Balaban J connectivity index is 1.92. The molecule has 3 aromatic rings. The molecule has 6 nitrogen and oxygen atoms in total. The Morgan fingerprint density at radius 2 is 1.78 bits per heavy atom. The number of rotatable bonds is 5. The molecule has 0 spiro atoms. The second-order valence-electron chi connectivity index (χ2n) is 4.85. The van der Waals surface area contributed by atoms with E-state index in [1.165, 1.54) is 0 Å². The minimum Gasteiger partial charge on any atom is -0.508 e. The minimum absolute atomic E-state index is 0.213. The zero-order chi connectivity index (χ0) is 16.2. The summed E-state index contributed by atoms with van der Waals surface area (Å²) in [5.74, 6) is 2.74. The molecule has 3 rings (SSSR count). The molecule has 0 radical (unpaired) electrons. The van der Waals surface area contributed by atoms with Crippen LogP contribution in [0.4, 0.5) is 0 Å². The van der Waals surface area contributed by atoms with Crippen LogP contribution in [0.15, 0.2) is 42.5 Å². The number of hydrogen-bond donors (Lipinski definition) is 2. The van der Waals surface area contributed by atoms with Crippen LogP contribution in [0, 0.1) is 0 Å². The Morgan fingerprint density at radius 1 is 1.04 bits per heavy atom. The highest BCUT2D eigenvalue weighted by atomic mass is 16.5. The SMILES string of the molecule is CCOc1ccc(-c2n[nH]c(-c3ccc(O)cc3)n2)cc1OC. The number of hydrogen-bond acceptors (Lipinski definition) is 5. The van der Waals surface area contributed by atoms with Crippen LogP contribution in [0.2, 0.25) is 0 Å². The summed E-state index contributed by atoms with van der Waals surface area (Å²) < 4.78 is 10.9. The maximum atomic E-state index is 9.34. The highest BCUT2D eigenvalue weighted by Crippen LogP contribution is 2.32. The first kappa shape index (κ1) is 14.9. The van der Waals surface area contributed by atoms with Crippen LogP contribution >= 0.6 is 0 Å². The van der Waals surface area contributed by atoms with E-state index in [4.69, 9.17) is 9.47 Å². The highest BCUT2D eigenvalue weighted by Gasteiger charge is 2.11. The third-order valence-electron chi connectivity index (χ3n) is 3.35. The Morgan fingerprint density at radius 3 is 2.48 bits per heavy atom. The van der Waals surface area contributed by atoms with Gasteiger partial charge in [-0.1, -0.05) is 0 Å². The van der Waals surface area contributed by atoms with Crippen molar-refractivity contribution in [2.45, 2.75) is 6.92 Å². The maximum Gasteiger partial charge on any atom is 0.181 e. The third-order valence-corrected chi connectivity index (χ3v) is 3.35.